The van der Waals surface area contributed by atoms with Gasteiger partial charge in [0, 0.05) is 16.6 Å². The van der Waals surface area contributed by atoms with Gasteiger partial charge in [-0.05, 0) is 73.6 Å². The number of aryl methyl sites for hydroxylation is 2. The first-order valence-electron chi connectivity index (χ1n) is 8.71. The van der Waals surface area contributed by atoms with E-state index in [1.165, 1.54) is 41.2 Å². The maximum Gasteiger partial charge on any atom is 0.0783 e. The van der Waals surface area contributed by atoms with Crippen LogP contribution < -0.4 is 0 Å². The van der Waals surface area contributed by atoms with Gasteiger partial charge in [0.15, 0.2) is 0 Å². The lowest BCUT2D eigenvalue weighted by Gasteiger charge is -2.17. The van der Waals surface area contributed by atoms with Gasteiger partial charge in [0.1, 0.15) is 0 Å². The summed E-state index contributed by atoms with van der Waals surface area (Å²) in [6.07, 6.45) is 4.14. The topological polar surface area (TPSA) is 12.9 Å². The largest absolute Gasteiger partial charge is 0.252 e. The number of hydrogen-bond donors (Lipinski definition) is 0. The Morgan fingerprint density at radius 3 is 2.57 bits per heavy atom. The van der Waals surface area contributed by atoms with Gasteiger partial charge in [0.2, 0.25) is 0 Å². The number of fused-ring (bicyclic) bond motifs is 6. The Labute approximate surface area is 137 Å². The molecule has 2 bridgehead atoms. The second-order valence-corrected chi connectivity index (χ2v) is 7.39. The molecule has 23 heavy (non-hydrogen) atoms. The van der Waals surface area contributed by atoms with Crippen LogP contribution in [0.15, 0.2) is 42.5 Å². The van der Waals surface area contributed by atoms with Gasteiger partial charge in [0.05, 0.1) is 5.69 Å². The second kappa shape index (κ2) is 4.67. The maximum absolute atomic E-state index is 4.89. The van der Waals surface area contributed by atoms with E-state index in [-0.39, 0.29) is 0 Å². The van der Waals surface area contributed by atoms with Gasteiger partial charge in [-0.25, -0.2) is 0 Å². The first-order valence-corrected chi connectivity index (χ1v) is 8.71. The van der Waals surface area contributed by atoms with Crippen LogP contribution in [0.4, 0.5) is 0 Å². The quantitative estimate of drug-likeness (QED) is 0.546. The summed E-state index contributed by atoms with van der Waals surface area (Å²) < 4.78 is 0. The van der Waals surface area contributed by atoms with Gasteiger partial charge in [0.25, 0.3) is 0 Å². The summed E-state index contributed by atoms with van der Waals surface area (Å²) in [5.74, 6) is 1.63. The van der Waals surface area contributed by atoms with Crippen molar-refractivity contribution in [2.75, 3.05) is 0 Å². The van der Waals surface area contributed by atoms with E-state index in [1.54, 1.807) is 11.1 Å². The molecule has 1 nitrogen and oxygen atoms in total. The summed E-state index contributed by atoms with van der Waals surface area (Å²) in [6.45, 7) is 4.25. The lowest BCUT2D eigenvalue weighted by Crippen LogP contribution is -1.99. The van der Waals surface area contributed by atoms with Crippen LogP contribution in [0, 0.1) is 13.8 Å². The number of rotatable bonds is 1. The Balaban J connectivity index is 1.74. The molecule has 5 rings (SSSR count). The first kappa shape index (κ1) is 13.3. The van der Waals surface area contributed by atoms with Crippen LogP contribution in [-0.2, 0) is 0 Å². The van der Waals surface area contributed by atoms with Crippen LogP contribution in [0.1, 0.15) is 53.5 Å². The highest BCUT2D eigenvalue weighted by molar-refractivity contribution is 5.95. The molecule has 3 aromatic rings. The van der Waals surface area contributed by atoms with E-state index in [9.17, 15) is 0 Å². The molecule has 2 aliphatic carbocycles. The van der Waals surface area contributed by atoms with Crippen LogP contribution in [0.25, 0.3) is 22.0 Å². The average Bonchev–Trinajstić information content (AvgIpc) is 3.15. The van der Waals surface area contributed by atoms with E-state index in [1.807, 2.05) is 0 Å². The molecule has 1 aromatic heterocycles. The lowest BCUT2D eigenvalue weighted by atomic mass is 9.89. The van der Waals surface area contributed by atoms with Crippen molar-refractivity contribution in [3.63, 3.8) is 0 Å². The zero-order valence-electron chi connectivity index (χ0n) is 13.8. The van der Waals surface area contributed by atoms with Crippen molar-refractivity contribution in [3.05, 3.63) is 64.8 Å². The van der Waals surface area contributed by atoms with Crippen LogP contribution in [0.5, 0.6) is 0 Å². The van der Waals surface area contributed by atoms with E-state index in [0.29, 0.717) is 0 Å². The van der Waals surface area contributed by atoms with E-state index < -0.39 is 0 Å². The minimum Gasteiger partial charge on any atom is -0.252 e. The van der Waals surface area contributed by atoms with E-state index in [2.05, 4.69) is 56.3 Å². The molecule has 2 unspecified atom stereocenters. The third-order valence-corrected chi connectivity index (χ3v) is 5.79. The molecule has 0 amide bonds. The third-order valence-electron chi connectivity index (χ3n) is 5.79. The molecule has 1 fully saturated rings. The molecule has 0 saturated heterocycles. The molecule has 2 aliphatic rings. The SMILES string of the molecule is Cc1ccc2c(-c3ccc4c(c3)C3CCC4C3)nc(C)cc2c1. The summed E-state index contributed by atoms with van der Waals surface area (Å²) in [5, 5.41) is 2.57. The number of pyridine rings is 1. The Bertz CT molecular complexity index is 933. The first-order chi connectivity index (χ1) is 11.2. The third kappa shape index (κ3) is 1.96. The highest BCUT2D eigenvalue weighted by Gasteiger charge is 2.36. The number of aromatic nitrogens is 1. The molecular weight excluding hydrogens is 278 g/mol. The Morgan fingerprint density at radius 2 is 1.70 bits per heavy atom. The molecule has 0 N–H and O–H groups in total. The molecule has 0 radical (unpaired) electrons. The highest BCUT2D eigenvalue weighted by atomic mass is 14.7. The van der Waals surface area contributed by atoms with E-state index in [0.717, 1.165) is 23.2 Å². The Morgan fingerprint density at radius 1 is 0.870 bits per heavy atom. The van der Waals surface area contributed by atoms with Gasteiger partial charge < -0.3 is 0 Å². The molecule has 1 heterocycles. The standard InChI is InChI=1S/C22H21N/c1-13-3-7-20-18(9-13)10-14(2)23-22(20)17-6-8-19-15-4-5-16(11-15)21(19)12-17/h3,6-10,12,15-16H,4-5,11H2,1-2H3. The fourth-order valence-corrected chi connectivity index (χ4v) is 4.73. The number of benzene rings is 2. The van der Waals surface area contributed by atoms with Crippen LogP contribution in [0.2, 0.25) is 0 Å². The molecule has 114 valence electrons. The zero-order chi connectivity index (χ0) is 15.6. The highest BCUT2D eigenvalue weighted by Crippen LogP contribution is 2.53. The summed E-state index contributed by atoms with van der Waals surface area (Å²) >= 11 is 0. The smallest absolute Gasteiger partial charge is 0.0783 e. The molecule has 1 heteroatoms. The van der Waals surface area contributed by atoms with Gasteiger partial charge in [-0.15, -0.1) is 0 Å². The lowest BCUT2D eigenvalue weighted by molar-refractivity contribution is 0.718. The van der Waals surface area contributed by atoms with Crippen molar-refractivity contribution in [2.45, 2.75) is 44.9 Å². The van der Waals surface area contributed by atoms with Gasteiger partial charge in [-0.1, -0.05) is 35.9 Å². The van der Waals surface area contributed by atoms with Crippen molar-refractivity contribution in [2.24, 2.45) is 0 Å². The molecule has 1 saturated carbocycles. The summed E-state index contributed by atoms with van der Waals surface area (Å²) in [4.78, 5) is 4.89. The number of nitrogens with zero attached hydrogens (tertiary/aromatic N) is 1. The summed E-state index contributed by atoms with van der Waals surface area (Å²) in [5.41, 5.74) is 8.04. The van der Waals surface area contributed by atoms with Gasteiger partial charge in [-0.2, -0.15) is 0 Å². The molecular formula is C22H21N. The molecule has 2 atom stereocenters. The fraction of sp³-hybridized carbons (Fsp3) is 0.318. The van der Waals surface area contributed by atoms with Crippen molar-refractivity contribution < 1.29 is 0 Å². The predicted molar refractivity (Wildman–Crippen MR) is 96.0 cm³/mol. The molecule has 2 aromatic carbocycles. The van der Waals surface area contributed by atoms with Crippen molar-refractivity contribution in [1.29, 1.82) is 0 Å². The fourth-order valence-electron chi connectivity index (χ4n) is 4.73. The van der Waals surface area contributed by atoms with Crippen molar-refractivity contribution in [1.82, 2.24) is 4.98 Å². The van der Waals surface area contributed by atoms with Gasteiger partial charge in [-0.3, -0.25) is 4.98 Å². The summed E-state index contributed by atoms with van der Waals surface area (Å²) in [7, 11) is 0. The molecule has 0 spiro atoms. The van der Waals surface area contributed by atoms with Crippen molar-refractivity contribution in [3.8, 4) is 11.3 Å². The Kier molecular flexibility index (Phi) is 2.70. The monoisotopic (exact) mass is 299 g/mol. The van der Waals surface area contributed by atoms with Gasteiger partial charge >= 0.3 is 0 Å². The molecule has 0 aliphatic heterocycles. The second-order valence-electron chi connectivity index (χ2n) is 7.39. The normalized spacial score (nSPS) is 21.8. The number of hydrogen-bond acceptors (Lipinski definition) is 1. The minimum atomic E-state index is 0.799. The van der Waals surface area contributed by atoms with Crippen molar-refractivity contribution >= 4 is 10.8 Å². The van der Waals surface area contributed by atoms with Crippen LogP contribution in [-0.4, -0.2) is 4.98 Å². The van der Waals surface area contributed by atoms with Crippen LogP contribution >= 0.6 is 0 Å². The van der Waals surface area contributed by atoms with E-state index in [4.69, 9.17) is 4.98 Å². The minimum absolute atomic E-state index is 0.799. The van der Waals surface area contributed by atoms with E-state index >= 15 is 0 Å². The zero-order valence-corrected chi connectivity index (χ0v) is 13.8. The van der Waals surface area contributed by atoms with Crippen LogP contribution in [0.3, 0.4) is 0 Å². The maximum atomic E-state index is 4.89. The predicted octanol–water partition coefficient (Wildman–Crippen LogP) is 5.88. The summed E-state index contributed by atoms with van der Waals surface area (Å²) in [6, 6.07) is 16.0. The average molecular weight is 299 g/mol. The Hall–Kier alpha value is -2.15.